The number of carbonyl (C=O) groups is 2. The Morgan fingerprint density at radius 3 is 2.75 bits per heavy atom. The number of carbonyl (C=O) groups excluding carboxylic acids is 2. The summed E-state index contributed by atoms with van der Waals surface area (Å²) in [5.74, 6) is -0.0922. The minimum atomic E-state index is -0.454. The predicted molar refractivity (Wildman–Crippen MR) is 64.3 cm³/mol. The molecule has 16 heavy (non-hydrogen) atoms. The molecule has 0 aromatic heterocycles. The van der Waals surface area contributed by atoms with Gasteiger partial charge in [-0.3, -0.25) is 9.59 Å². The molecular formula is C12H18ClNO2. The highest BCUT2D eigenvalue weighted by atomic mass is 35.5. The van der Waals surface area contributed by atoms with Crippen molar-refractivity contribution in [1.82, 2.24) is 5.32 Å². The van der Waals surface area contributed by atoms with Crippen molar-refractivity contribution >= 4 is 22.8 Å². The van der Waals surface area contributed by atoms with Gasteiger partial charge in [-0.05, 0) is 43.7 Å². The number of amides is 1. The quantitative estimate of drug-likeness (QED) is 0.576. The Hall–Kier alpha value is -0.830. The summed E-state index contributed by atoms with van der Waals surface area (Å²) in [6.07, 6.45) is 8.41. The van der Waals surface area contributed by atoms with Gasteiger partial charge in [0.2, 0.25) is 11.1 Å². The number of hydrogen-bond donors (Lipinski definition) is 1. The van der Waals surface area contributed by atoms with Gasteiger partial charge in [0.05, 0.1) is 0 Å². The molecule has 0 spiro atoms. The van der Waals surface area contributed by atoms with Gasteiger partial charge in [0.25, 0.3) is 0 Å². The molecular weight excluding hydrogens is 226 g/mol. The number of nitrogens with one attached hydrogen (secondary N) is 1. The summed E-state index contributed by atoms with van der Waals surface area (Å²) in [5.41, 5.74) is 1.44. The maximum Gasteiger partial charge on any atom is 0.222 e. The summed E-state index contributed by atoms with van der Waals surface area (Å²) in [6.45, 7) is 0.668. The van der Waals surface area contributed by atoms with Crippen LogP contribution in [0.1, 0.15) is 44.9 Å². The monoisotopic (exact) mass is 243 g/mol. The van der Waals surface area contributed by atoms with Crippen LogP contribution in [0.5, 0.6) is 0 Å². The zero-order chi connectivity index (χ0) is 11.8. The van der Waals surface area contributed by atoms with Crippen molar-refractivity contribution in [3.05, 3.63) is 11.6 Å². The molecule has 1 aliphatic rings. The van der Waals surface area contributed by atoms with E-state index in [2.05, 4.69) is 11.4 Å². The van der Waals surface area contributed by atoms with E-state index < -0.39 is 5.24 Å². The summed E-state index contributed by atoms with van der Waals surface area (Å²) in [6, 6.07) is 0. The van der Waals surface area contributed by atoms with Crippen LogP contribution in [0, 0.1) is 0 Å². The lowest BCUT2D eigenvalue weighted by Gasteiger charge is -2.12. The van der Waals surface area contributed by atoms with Crippen molar-refractivity contribution in [2.24, 2.45) is 0 Å². The fraction of sp³-hybridized carbons (Fsp3) is 0.667. The summed E-state index contributed by atoms with van der Waals surface area (Å²) in [5, 5.41) is 2.34. The van der Waals surface area contributed by atoms with E-state index in [9.17, 15) is 9.59 Å². The van der Waals surface area contributed by atoms with E-state index in [1.807, 2.05) is 0 Å². The van der Waals surface area contributed by atoms with Crippen LogP contribution in [-0.4, -0.2) is 17.7 Å². The molecule has 0 atom stereocenters. The largest absolute Gasteiger partial charge is 0.356 e. The van der Waals surface area contributed by atoms with E-state index >= 15 is 0 Å². The molecule has 0 aromatic rings. The second-order valence-corrected chi connectivity index (χ2v) is 4.48. The Morgan fingerprint density at radius 1 is 1.31 bits per heavy atom. The zero-order valence-electron chi connectivity index (χ0n) is 9.43. The van der Waals surface area contributed by atoms with Crippen molar-refractivity contribution in [1.29, 1.82) is 0 Å². The third-order valence-electron chi connectivity index (χ3n) is 2.70. The summed E-state index contributed by atoms with van der Waals surface area (Å²) in [4.78, 5) is 21.7. The topological polar surface area (TPSA) is 46.2 Å². The average molecular weight is 244 g/mol. The fourth-order valence-corrected chi connectivity index (χ4v) is 1.89. The van der Waals surface area contributed by atoms with Crippen molar-refractivity contribution in [2.45, 2.75) is 44.9 Å². The molecule has 0 heterocycles. The molecule has 1 N–H and O–H groups in total. The van der Waals surface area contributed by atoms with Gasteiger partial charge < -0.3 is 5.32 Å². The van der Waals surface area contributed by atoms with Crippen LogP contribution in [-0.2, 0) is 9.59 Å². The Kier molecular flexibility index (Phi) is 6.16. The van der Waals surface area contributed by atoms with Crippen LogP contribution < -0.4 is 5.32 Å². The van der Waals surface area contributed by atoms with Gasteiger partial charge in [-0.1, -0.05) is 11.6 Å². The normalized spacial score (nSPS) is 15.4. The van der Waals surface area contributed by atoms with Crippen LogP contribution in [0.2, 0.25) is 0 Å². The molecule has 0 aliphatic heterocycles. The maximum atomic E-state index is 11.2. The number of halogens is 1. The minimum Gasteiger partial charge on any atom is -0.356 e. The Balaban J connectivity index is 2.08. The van der Waals surface area contributed by atoms with E-state index in [1.54, 1.807) is 0 Å². The van der Waals surface area contributed by atoms with Gasteiger partial charge in [-0.15, -0.1) is 0 Å². The van der Waals surface area contributed by atoms with E-state index in [0.717, 1.165) is 12.8 Å². The minimum absolute atomic E-state index is 0.0922. The lowest BCUT2D eigenvalue weighted by atomic mass is 9.97. The van der Waals surface area contributed by atoms with Gasteiger partial charge >= 0.3 is 0 Å². The van der Waals surface area contributed by atoms with Crippen LogP contribution in [0.25, 0.3) is 0 Å². The van der Waals surface area contributed by atoms with Crippen molar-refractivity contribution in [3.63, 3.8) is 0 Å². The summed E-state index contributed by atoms with van der Waals surface area (Å²) < 4.78 is 0. The highest BCUT2D eigenvalue weighted by molar-refractivity contribution is 6.63. The van der Waals surface area contributed by atoms with Gasteiger partial charge in [0, 0.05) is 19.4 Å². The third-order valence-corrected chi connectivity index (χ3v) is 2.89. The fourth-order valence-electron chi connectivity index (χ4n) is 1.79. The van der Waals surface area contributed by atoms with Crippen LogP contribution in [0.15, 0.2) is 11.6 Å². The number of rotatable bonds is 6. The predicted octanol–water partition coefficient (Wildman–Crippen LogP) is 2.54. The highest BCUT2D eigenvalue weighted by Gasteiger charge is 2.06. The standard InChI is InChI=1S/C12H18ClNO2/c13-11(15)6-7-12(16)14-9-8-10-4-2-1-3-5-10/h4H,1-3,5-9H2,(H,14,16). The number of allylic oxidation sites excluding steroid dienone is 1. The van der Waals surface area contributed by atoms with Gasteiger partial charge in [0.15, 0.2) is 0 Å². The molecule has 4 heteroatoms. The zero-order valence-corrected chi connectivity index (χ0v) is 10.2. The van der Waals surface area contributed by atoms with Crippen molar-refractivity contribution in [2.75, 3.05) is 6.54 Å². The molecule has 1 amide bonds. The first kappa shape index (κ1) is 13.2. The van der Waals surface area contributed by atoms with Crippen molar-refractivity contribution in [3.8, 4) is 0 Å². The maximum absolute atomic E-state index is 11.2. The lowest BCUT2D eigenvalue weighted by Crippen LogP contribution is -2.24. The van der Waals surface area contributed by atoms with E-state index in [4.69, 9.17) is 11.6 Å². The molecule has 1 aliphatic carbocycles. The first-order chi connectivity index (χ1) is 7.68. The highest BCUT2D eigenvalue weighted by Crippen LogP contribution is 2.19. The van der Waals surface area contributed by atoms with E-state index in [1.165, 1.54) is 24.8 Å². The summed E-state index contributed by atoms with van der Waals surface area (Å²) in [7, 11) is 0. The second kappa shape index (κ2) is 7.44. The molecule has 0 radical (unpaired) electrons. The average Bonchev–Trinajstić information content (AvgIpc) is 2.28. The SMILES string of the molecule is O=C(Cl)CCC(=O)NCCC1=CCCCC1. The molecule has 0 saturated heterocycles. The molecule has 0 aromatic carbocycles. The van der Waals surface area contributed by atoms with Crippen LogP contribution in [0.4, 0.5) is 0 Å². The molecule has 0 saturated carbocycles. The third kappa shape index (κ3) is 5.91. The molecule has 0 unspecified atom stereocenters. The Labute approximate surface area is 101 Å². The first-order valence-corrected chi connectivity index (χ1v) is 6.19. The Morgan fingerprint density at radius 2 is 2.12 bits per heavy atom. The van der Waals surface area contributed by atoms with Gasteiger partial charge in [-0.25, -0.2) is 0 Å². The first-order valence-electron chi connectivity index (χ1n) is 5.81. The second-order valence-electron chi connectivity index (χ2n) is 4.06. The Bertz CT molecular complexity index is 287. The molecule has 3 nitrogen and oxygen atoms in total. The smallest absolute Gasteiger partial charge is 0.222 e. The summed E-state index contributed by atoms with van der Waals surface area (Å²) >= 11 is 5.15. The lowest BCUT2D eigenvalue weighted by molar-refractivity contribution is -0.123. The van der Waals surface area contributed by atoms with E-state index in [-0.39, 0.29) is 18.7 Å². The van der Waals surface area contributed by atoms with Crippen LogP contribution >= 0.6 is 11.6 Å². The van der Waals surface area contributed by atoms with Crippen molar-refractivity contribution < 1.29 is 9.59 Å². The van der Waals surface area contributed by atoms with E-state index in [0.29, 0.717) is 6.54 Å². The van der Waals surface area contributed by atoms with Gasteiger partial charge in [-0.2, -0.15) is 0 Å². The number of hydrogen-bond acceptors (Lipinski definition) is 2. The molecule has 0 bridgehead atoms. The molecule has 1 rings (SSSR count). The van der Waals surface area contributed by atoms with Gasteiger partial charge in [0.1, 0.15) is 0 Å². The van der Waals surface area contributed by atoms with Crippen LogP contribution in [0.3, 0.4) is 0 Å². The molecule has 0 fully saturated rings. The molecule has 90 valence electrons.